The van der Waals surface area contributed by atoms with E-state index in [1.54, 1.807) is 0 Å². The van der Waals surface area contributed by atoms with Gasteiger partial charge in [0.15, 0.2) is 0 Å². The zero-order chi connectivity index (χ0) is 25.5. The molecule has 0 N–H and O–H groups in total. The van der Waals surface area contributed by atoms with Gasteiger partial charge in [0.05, 0.1) is 6.17 Å². The molecule has 5 aliphatic rings. The zero-order valence-corrected chi connectivity index (χ0v) is 26.4. The maximum atomic E-state index is 5.44. The van der Waals surface area contributed by atoms with E-state index in [9.17, 15) is 0 Å². The molecular weight excluding hydrogens is 549 g/mol. The van der Waals surface area contributed by atoms with E-state index in [1.807, 2.05) is 6.21 Å². The van der Waals surface area contributed by atoms with Crippen molar-refractivity contribution in [1.29, 1.82) is 0 Å². The number of allylic oxidation sites excluding steroid dienone is 9. The quantitative estimate of drug-likeness (QED) is 0.258. The summed E-state index contributed by atoms with van der Waals surface area (Å²) in [6.45, 7) is 9.81. The van der Waals surface area contributed by atoms with Crippen LogP contribution in [0.3, 0.4) is 0 Å². The van der Waals surface area contributed by atoms with Gasteiger partial charge in [0.25, 0.3) is 0 Å². The maximum absolute atomic E-state index is 5.44. The van der Waals surface area contributed by atoms with Crippen molar-refractivity contribution in [3.8, 4) is 0 Å². The molecule has 6 atom stereocenters. The van der Waals surface area contributed by atoms with Crippen molar-refractivity contribution in [3.05, 3.63) is 103 Å². The molecule has 7 heteroatoms. The molecular formula is C30H37Cl2N3SiTi-2. The number of rotatable bonds is 3. The Labute approximate surface area is 241 Å². The second-order valence-corrected chi connectivity index (χ2v) is 18.3. The summed E-state index contributed by atoms with van der Waals surface area (Å²) in [5.74, 6) is 2.38. The summed E-state index contributed by atoms with van der Waals surface area (Å²) in [5.41, 5.74) is 2.96. The van der Waals surface area contributed by atoms with Crippen molar-refractivity contribution in [1.82, 2.24) is 4.57 Å². The minimum atomic E-state index is -2.00. The fourth-order valence-electron chi connectivity index (χ4n) is 7.70. The van der Waals surface area contributed by atoms with Gasteiger partial charge in [-0.25, -0.2) is 0 Å². The molecule has 1 saturated heterocycles. The molecule has 6 rings (SSSR count). The van der Waals surface area contributed by atoms with Crippen molar-refractivity contribution >= 4 is 38.6 Å². The first kappa shape index (κ1) is 29.0. The topological polar surface area (TPSA) is 29.7 Å². The fraction of sp³-hybridized carbons (Fsp3) is 0.400. The third kappa shape index (κ3) is 5.16. The van der Waals surface area contributed by atoms with Crippen molar-refractivity contribution in [2.45, 2.75) is 50.4 Å². The van der Waals surface area contributed by atoms with Crippen LogP contribution in [-0.2, 0) is 17.0 Å². The van der Waals surface area contributed by atoms with E-state index in [0.717, 1.165) is 0 Å². The molecule has 1 aromatic rings. The van der Waals surface area contributed by atoms with Crippen LogP contribution in [0.25, 0.3) is 10.9 Å². The standard InChI is InChI=1S/C29H34N3Si.CH3.2ClH.Ti/c1-29(2)31-26-21(20-12-6-5-7-13-20)18-19-30-28(26)32(29)33(3,4)27-24-16-10-8-14-22(24)23-15-9-11-17-25(23)27;;;;/h5-19,22-28H,1-4H3;1H3;2*1H;/q2*-1;;;+2/p-2/t22?,23?,24?,25?,26?,27?,28-;;;;/m0..../s1. The normalized spacial score (nSPS) is 34.4. The monoisotopic (exact) mass is 585 g/mol. The Hall–Kier alpha value is -0.979. The van der Waals surface area contributed by atoms with Crippen LogP contribution in [0.2, 0.25) is 18.6 Å². The molecule has 2 fully saturated rings. The molecule has 0 bridgehead atoms. The number of aliphatic imine (C=N–C) groups is 1. The summed E-state index contributed by atoms with van der Waals surface area (Å²) in [5, 5.41) is 5.44. The third-order valence-electron chi connectivity index (χ3n) is 8.67. The number of nitrogens with zero attached hydrogens (tertiary/aromatic N) is 3. The van der Waals surface area contributed by atoms with E-state index >= 15 is 0 Å². The Kier molecular flexibility index (Phi) is 9.12. The summed E-state index contributed by atoms with van der Waals surface area (Å²) in [4.78, 5) is 5.09. The second kappa shape index (κ2) is 11.6. The summed E-state index contributed by atoms with van der Waals surface area (Å²) in [6, 6.07) is 10.8. The second-order valence-electron chi connectivity index (χ2n) is 11.2. The van der Waals surface area contributed by atoms with Gasteiger partial charge >= 0.3 is 35.6 Å². The van der Waals surface area contributed by atoms with Crippen LogP contribution in [0.5, 0.6) is 0 Å². The van der Waals surface area contributed by atoms with Gasteiger partial charge < -0.3 is 17.3 Å². The third-order valence-corrected chi connectivity index (χ3v) is 13.1. The Morgan fingerprint density at radius 1 is 0.892 bits per heavy atom. The number of fused-ring (bicyclic) bond motifs is 4. The molecule has 37 heavy (non-hydrogen) atoms. The Morgan fingerprint density at radius 2 is 1.41 bits per heavy atom. The zero-order valence-electron chi connectivity index (χ0n) is 22.3. The number of dihydropyridines is 1. The average Bonchev–Trinajstić information content (AvgIpc) is 3.36. The number of hydrogen-bond donors (Lipinski definition) is 0. The molecule has 0 aromatic heterocycles. The van der Waals surface area contributed by atoms with Crippen LogP contribution < -0.4 is 0 Å². The first-order chi connectivity index (χ1) is 17.3. The summed E-state index contributed by atoms with van der Waals surface area (Å²) in [7, 11) is 7.78. The van der Waals surface area contributed by atoms with Gasteiger partial charge in [-0.05, 0) is 40.9 Å². The van der Waals surface area contributed by atoms with Crippen molar-refractivity contribution in [3.63, 3.8) is 0 Å². The molecule has 1 aromatic carbocycles. The minimum absolute atomic E-state index is 0. The fourth-order valence-corrected chi connectivity index (χ4v) is 12.9. The van der Waals surface area contributed by atoms with E-state index in [4.69, 9.17) is 28.9 Å². The molecule has 0 spiro atoms. The Balaban J connectivity index is 0.000000765. The van der Waals surface area contributed by atoms with E-state index in [1.165, 1.54) is 11.1 Å². The molecule has 0 amide bonds. The number of benzene rings is 1. The van der Waals surface area contributed by atoms with Gasteiger partial charge in [-0.2, -0.15) is 0 Å². The van der Waals surface area contributed by atoms with E-state index in [0.29, 0.717) is 29.2 Å². The molecule has 0 radical (unpaired) electrons. The van der Waals surface area contributed by atoms with Crippen LogP contribution >= 0.6 is 18.6 Å². The number of hydrogen-bond acceptors (Lipinski definition) is 2. The van der Waals surface area contributed by atoms with Crippen molar-refractivity contribution in [2.24, 2.45) is 28.7 Å². The van der Waals surface area contributed by atoms with E-state index < -0.39 is 25.3 Å². The summed E-state index contributed by atoms with van der Waals surface area (Å²) >= 11 is -0.556. The first-order valence-electron chi connectivity index (χ1n) is 12.8. The van der Waals surface area contributed by atoms with Crippen LogP contribution in [0.15, 0.2) is 90.0 Å². The summed E-state index contributed by atoms with van der Waals surface area (Å²) < 4.78 is 2.78. The average molecular weight is 587 g/mol. The molecule has 3 nitrogen and oxygen atoms in total. The van der Waals surface area contributed by atoms with E-state index in [-0.39, 0.29) is 25.3 Å². The van der Waals surface area contributed by atoms with Gasteiger partial charge in [0.2, 0.25) is 0 Å². The van der Waals surface area contributed by atoms with Crippen LogP contribution in [0.4, 0.5) is 0 Å². The predicted molar refractivity (Wildman–Crippen MR) is 160 cm³/mol. The van der Waals surface area contributed by atoms with Gasteiger partial charge in [-0.1, -0.05) is 123 Å². The Bertz CT molecular complexity index is 1110. The van der Waals surface area contributed by atoms with Gasteiger partial charge in [-0.15, -0.1) is 0 Å². The molecule has 2 aliphatic heterocycles. The predicted octanol–water partition coefficient (Wildman–Crippen LogP) is 8.41. The molecule has 3 aliphatic carbocycles. The molecule has 2 heterocycles. The van der Waals surface area contributed by atoms with Gasteiger partial charge in [-0.3, -0.25) is 4.99 Å². The van der Waals surface area contributed by atoms with Crippen LogP contribution in [-0.4, -0.2) is 36.9 Å². The van der Waals surface area contributed by atoms with E-state index in [2.05, 4.69) is 117 Å². The molecule has 5 unspecified atom stereocenters. The molecule has 196 valence electrons. The summed E-state index contributed by atoms with van der Waals surface area (Å²) in [6.07, 6.45) is 23.3. The van der Waals surface area contributed by atoms with Crippen LogP contribution in [0.1, 0.15) is 19.4 Å². The van der Waals surface area contributed by atoms with Crippen molar-refractivity contribution < 1.29 is 17.0 Å². The first-order valence-corrected chi connectivity index (χ1v) is 20.1. The molecule has 1 saturated carbocycles. The SMILES string of the molecule is CC1(C)[N-]C2C(c3ccccc3)=CC=N[C@H]2N1[Si](C)(C)C1C2C=CC=CC2C2C=CC=CC21.[CH3-].[Cl][Ti][Cl]. The number of halogens is 2. The van der Waals surface area contributed by atoms with Gasteiger partial charge in [0.1, 0.15) is 8.24 Å². The Morgan fingerprint density at radius 3 is 1.95 bits per heavy atom. The van der Waals surface area contributed by atoms with Crippen LogP contribution in [0, 0.1) is 31.1 Å². The van der Waals surface area contributed by atoms with Crippen molar-refractivity contribution in [2.75, 3.05) is 0 Å². The van der Waals surface area contributed by atoms with Gasteiger partial charge in [0, 0.05) is 6.21 Å².